The molecule has 5 atom stereocenters. The van der Waals surface area contributed by atoms with Crippen molar-refractivity contribution in [2.45, 2.75) is 30.3 Å². The molecule has 1 heterocycles. The molecule has 10 heteroatoms. The SMILES string of the molecule is CN(C)c1ccc(O)c2c1CC1CC3[C@H](N(C)C)C(O)=C(C(N)=O)C4(O)O[C@]34C(=O)C1=C2O. The standard InChI is InChI=1S/C23H27N3O7/c1-25(2)12-5-6-13(27)15-10(12)7-9-8-11-17(26(3)4)19(29)16(21(24)31)23(32)22(11,33-23)20(30)14(9)18(15)28/h5-6,9,11,17,27-29,32H,7-8H2,1-4H3,(H2,24,31)/t9?,11?,17-,22-,23?/m0/s1. The lowest BCUT2D eigenvalue weighted by atomic mass is 9.58. The van der Waals surface area contributed by atoms with Gasteiger partial charge in [-0.15, -0.1) is 0 Å². The van der Waals surface area contributed by atoms with Gasteiger partial charge in [0.05, 0.1) is 11.6 Å². The van der Waals surface area contributed by atoms with E-state index in [0.29, 0.717) is 12.0 Å². The van der Waals surface area contributed by atoms with Gasteiger partial charge in [-0.3, -0.25) is 14.5 Å². The van der Waals surface area contributed by atoms with Gasteiger partial charge in [-0.2, -0.15) is 0 Å². The summed E-state index contributed by atoms with van der Waals surface area (Å²) in [6, 6.07) is 2.40. The molecule has 4 aliphatic rings. The molecule has 1 saturated heterocycles. The third-order valence-corrected chi connectivity index (χ3v) is 7.57. The number of hydrogen-bond donors (Lipinski definition) is 5. The van der Waals surface area contributed by atoms with Gasteiger partial charge in [0.25, 0.3) is 5.91 Å². The minimum atomic E-state index is -2.37. The summed E-state index contributed by atoms with van der Waals surface area (Å²) in [6.07, 6.45) is 0.648. The van der Waals surface area contributed by atoms with Crippen LogP contribution in [0.1, 0.15) is 17.5 Å². The number of Topliss-reactive ketones (excluding diaryl/α,β-unsaturated/α-hetero) is 1. The number of nitrogens with two attached hydrogens (primary N) is 1. The number of primary amides is 1. The van der Waals surface area contributed by atoms with E-state index in [1.807, 2.05) is 19.0 Å². The Bertz CT molecular complexity index is 1190. The van der Waals surface area contributed by atoms with Crippen LogP contribution in [0.4, 0.5) is 5.69 Å². The highest BCUT2D eigenvalue weighted by Gasteiger charge is 2.85. The summed E-state index contributed by atoms with van der Waals surface area (Å²) in [4.78, 5) is 29.5. The Morgan fingerprint density at radius 2 is 1.85 bits per heavy atom. The second kappa shape index (κ2) is 6.49. The van der Waals surface area contributed by atoms with E-state index in [1.54, 1.807) is 25.1 Å². The Labute approximate surface area is 190 Å². The summed E-state index contributed by atoms with van der Waals surface area (Å²) in [7, 11) is 7.07. The van der Waals surface area contributed by atoms with E-state index in [0.717, 1.165) is 5.69 Å². The van der Waals surface area contributed by atoms with E-state index in [2.05, 4.69) is 0 Å². The highest BCUT2D eigenvalue weighted by Crippen LogP contribution is 2.67. The van der Waals surface area contributed by atoms with E-state index < -0.39 is 52.3 Å². The van der Waals surface area contributed by atoms with Crippen LogP contribution in [0.25, 0.3) is 5.76 Å². The molecule has 1 amide bonds. The number of benzene rings is 1. The van der Waals surface area contributed by atoms with Crippen LogP contribution in [0.3, 0.4) is 0 Å². The minimum absolute atomic E-state index is 0.0450. The fraction of sp³-hybridized carbons (Fsp3) is 0.478. The first-order valence-electron chi connectivity index (χ1n) is 10.7. The lowest BCUT2D eigenvalue weighted by Gasteiger charge is -2.46. The number of epoxide rings is 1. The zero-order valence-electron chi connectivity index (χ0n) is 18.8. The number of aliphatic hydroxyl groups is 3. The predicted octanol–water partition coefficient (Wildman–Crippen LogP) is 0.187. The Morgan fingerprint density at radius 3 is 2.42 bits per heavy atom. The monoisotopic (exact) mass is 457 g/mol. The number of amides is 1. The van der Waals surface area contributed by atoms with E-state index in [-0.39, 0.29) is 29.1 Å². The molecular formula is C23H27N3O7. The lowest BCUT2D eigenvalue weighted by Crippen LogP contribution is -2.60. The van der Waals surface area contributed by atoms with E-state index >= 15 is 0 Å². The quantitative estimate of drug-likeness (QED) is 0.399. The van der Waals surface area contributed by atoms with Crippen LogP contribution in [-0.2, 0) is 20.7 Å². The molecule has 176 valence electrons. The smallest absolute Gasteiger partial charge is 0.253 e. The maximum atomic E-state index is 13.9. The van der Waals surface area contributed by atoms with Gasteiger partial charge in [0.2, 0.25) is 11.6 Å². The number of ketones is 1. The average molecular weight is 457 g/mol. The van der Waals surface area contributed by atoms with Crippen molar-refractivity contribution in [1.29, 1.82) is 0 Å². The van der Waals surface area contributed by atoms with Crippen molar-refractivity contribution in [2.24, 2.45) is 17.6 Å². The number of ether oxygens (including phenoxy) is 1. The maximum absolute atomic E-state index is 13.9. The maximum Gasteiger partial charge on any atom is 0.253 e. The van der Waals surface area contributed by atoms with Crippen LogP contribution in [-0.4, -0.2) is 82.6 Å². The highest BCUT2D eigenvalue weighted by atomic mass is 16.8. The number of rotatable bonds is 3. The zero-order valence-corrected chi connectivity index (χ0v) is 18.8. The number of nitrogens with zero attached hydrogens (tertiary/aromatic N) is 2. The molecule has 33 heavy (non-hydrogen) atoms. The first-order valence-corrected chi connectivity index (χ1v) is 10.7. The van der Waals surface area contributed by atoms with Gasteiger partial charge in [0.1, 0.15) is 22.8 Å². The molecule has 0 radical (unpaired) electrons. The number of carbonyl (C=O) groups excluding carboxylic acids is 2. The summed E-state index contributed by atoms with van der Waals surface area (Å²) < 4.78 is 5.62. The van der Waals surface area contributed by atoms with Crippen molar-refractivity contribution in [3.63, 3.8) is 0 Å². The van der Waals surface area contributed by atoms with Gasteiger partial charge < -0.3 is 35.8 Å². The number of likely N-dealkylation sites (N-methyl/N-ethyl adjacent to an activating group) is 1. The van der Waals surface area contributed by atoms with Crippen molar-refractivity contribution in [3.8, 4) is 5.75 Å². The Hall–Kier alpha value is -3.08. The fourth-order valence-electron chi connectivity index (χ4n) is 6.26. The van der Waals surface area contributed by atoms with E-state index in [4.69, 9.17) is 10.5 Å². The van der Waals surface area contributed by atoms with Crippen LogP contribution in [0.2, 0.25) is 0 Å². The number of aromatic hydroxyl groups is 1. The molecular weight excluding hydrogens is 430 g/mol. The number of fused-ring (bicyclic) bond motifs is 2. The van der Waals surface area contributed by atoms with E-state index in [1.165, 1.54) is 6.07 Å². The lowest BCUT2D eigenvalue weighted by molar-refractivity contribution is -0.127. The van der Waals surface area contributed by atoms with Crippen LogP contribution in [0.5, 0.6) is 5.75 Å². The van der Waals surface area contributed by atoms with Crippen molar-refractivity contribution in [1.82, 2.24) is 4.90 Å². The minimum Gasteiger partial charge on any atom is -0.510 e. The molecule has 10 nitrogen and oxygen atoms in total. The molecule has 1 aromatic carbocycles. The van der Waals surface area contributed by atoms with Crippen molar-refractivity contribution >= 4 is 23.1 Å². The largest absolute Gasteiger partial charge is 0.510 e. The summed E-state index contributed by atoms with van der Waals surface area (Å²) in [5.41, 5.74) is 4.77. The van der Waals surface area contributed by atoms with Crippen molar-refractivity contribution < 1.29 is 34.8 Å². The summed E-state index contributed by atoms with van der Waals surface area (Å²) >= 11 is 0. The molecule has 1 aromatic rings. The number of phenols is 1. The summed E-state index contributed by atoms with van der Waals surface area (Å²) in [6.45, 7) is 0. The normalized spacial score (nSPS) is 34.5. The molecule has 1 saturated carbocycles. The molecule has 5 rings (SSSR count). The molecule has 0 bridgehead atoms. The Morgan fingerprint density at radius 1 is 1.18 bits per heavy atom. The van der Waals surface area contributed by atoms with Gasteiger partial charge in [-0.25, -0.2) is 0 Å². The molecule has 1 spiro atoms. The van der Waals surface area contributed by atoms with E-state index in [9.17, 15) is 30.0 Å². The van der Waals surface area contributed by atoms with Crippen LogP contribution in [0, 0.1) is 11.8 Å². The molecule has 1 aliphatic heterocycles. The Balaban J connectivity index is 1.73. The number of hydrogen-bond acceptors (Lipinski definition) is 9. The predicted molar refractivity (Wildman–Crippen MR) is 117 cm³/mol. The van der Waals surface area contributed by atoms with Gasteiger partial charge in [-0.05, 0) is 50.6 Å². The first kappa shape index (κ1) is 21.7. The third kappa shape index (κ3) is 2.43. The topological polar surface area (TPSA) is 160 Å². The third-order valence-electron chi connectivity index (χ3n) is 7.57. The molecule has 3 aliphatic carbocycles. The van der Waals surface area contributed by atoms with Crippen LogP contribution >= 0.6 is 0 Å². The first-order chi connectivity index (χ1) is 15.4. The zero-order chi connectivity index (χ0) is 24.2. The van der Waals surface area contributed by atoms with Crippen molar-refractivity contribution in [3.05, 3.63) is 40.2 Å². The molecule has 0 aromatic heterocycles. The fourth-order valence-corrected chi connectivity index (χ4v) is 6.26. The number of anilines is 1. The second-order valence-corrected chi connectivity index (χ2v) is 9.70. The van der Waals surface area contributed by atoms with Gasteiger partial charge in [0.15, 0.2) is 5.60 Å². The summed E-state index contributed by atoms with van der Waals surface area (Å²) in [5.74, 6) is -6.21. The van der Waals surface area contributed by atoms with Crippen LogP contribution in [0.15, 0.2) is 29.0 Å². The van der Waals surface area contributed by atoms with Gasteiger partial charge in [0, 0.05) is 31.3 Å². The highest BCUT2D eigenvalue weighted by molar-refractivity contribution is 6.14. The number of aliphatic hydroxyl groups excluding tert-OH is 2. The molecule has 6 N–H and O–H groups in total. The second-order valence-electron chi connectivity index (χ2n) is 9.70. The number of phenolic OH excluding ortho intramolecular Hbond substituents is 1. The molecule has 2 fully saturated rings. The van der Waals surface area contributed by atoms with Gasteiger partial charge in [-0.1, -0.05) is 0 Å². The molecule has 3 unspecified atom stereocenters. The number of carbonyl (C=O) groups is 2. The Kier molecular flexibility index (Phi) is 4.28. The van der Waals surface area contributed by atoms with Crippen LogP contribution < -0.4 is 10.6 Å². The van der Waals surface area contributed by atoms with Gasteiger partial charge >= 0.3 is 0 Å². The van der Waals surface area contributed by atoms with Crippen molar-refractivity contribution in [2.75, 3.05) is 33.1 Å². The average Bonchev–Trinajstić information content (AvgIpc) is 3.32. The summed E-state index contributed by atoms with van der Waals surface area (Å²) in [5, 5.41) is 43.8.